The number of hydrogen-bond acceptors (Lipinski definition) is 4. The Morgan fingerprint density at radius 1 is 1.33 bits per heavy atom. The molecule has 0 aliphatic carbocycles. The van der Waals surface area contributed by atoms with E-state index in [9.17, 15) is 9.59 Å². The van der Waals surface area contributed by atoms with E-state index in [4.69, 9.17) is 9.84 Å². The highest BCUT2D eigenvalue weighted by Crippen LogP contribution is 2.20. The summed E-state index contributed by atoms with van der Waals surface area (Å²) in [6, 6.07) is 3.01. The van der Waals surface area contributed by atoms with Crippen molar-refractivity contribution in [2.45, 2.75) is 12.6 Å². The fourth-order valence-electron chi connectivity index (χ4n) is 2.40. The first-order chi connectivity index (χ1) is 10.0. The van der Waals surface area contributed by atoms with Crippen LogP contribution in [0.1, 0.15) is 5.56 Å². The Morgan fingerprint density at radius 3 is 2.62 bits per heavy atom. The number of carbonyl (C=O) groups is 2. The number of hydrogen-bond donors (Lipinski definition) is 1. The van der Waals surface area contributed by atoms with Crippen molar-refractivity contribution in [1.82, 2.24) is 14.8 Å². The monoisotopic (exact) mass is 293 g/mol. The van der Waals surface area contributed by atoms with Gasteiger partial charge >= 0.3 is 12.0 Å². The summed E-state index contributed by atoms with van der Waals surface area (Å²) in [5, 5.41) is 9.15. The molecule has 2 unspecified atom stereocenters. The minimum Gasteiger partial charge on any atom is -0.481 e. The smallest absolute Gasteiger partial charge is 0.320 e. The van der Waals surface area contributed by atoms with Crippen molar-refractivity contribution in [3.8, 4) is 0 Å². The van der Waals surface area contributed by atoms with Gasteiger partial charge in [-0.3, -0.25) is 9.78 Å². The van der Waals surface area contributed by atoms with Crippen LogP contribution < -0.4 is 0 Å². The second-order valence-corrected chi connectivity index (χ2v) is 5.15. The highest BCUT2D eigenvalue weighted by molar-refractivity contribution is 5.77. The number of pyridine rings is 1. The maximum Gasteiger partial charge on any atom is 0.320 e. The molecule has 0 bridgehead atoms. The predicted octanol–water partition coefficient (Wildman–Crippen LogP) is 0.665. The summed E-state index contributed by atoms with van der Waals surface area (Å²) in [7, 11) is 3.30. The summed E-state index contributed by atoms with van der Waals surface area (Å²) < 4.78 is 5.20. The number of urea groups is 1. The third kappa shape index (κ3) is 3.49. The van der Waals surface area contributed by atoms with Crippen LogP contribution >= 0.6 is 0 Å². The molecule has 1 aliphatic heterocycles. The normalized spacial score (nSPS) is 21.0. The maximum atomic E-state index is 12.4. The van der Waals surface area contributed by atoms with E-state index in [1.165, 1.54) is 4.90 Å². The molecule has 1 aliphatic rings. The molecule has 7 nitrogen and oxygen atoms in total. The second kappa shape index (κ2) is 6.53. The molecular weight excluding hydrogens is 274 g/mol. The minimum absolute atomic E-state index is 0.145. The van der Waals surface area contributed by atoms with Crippen LogP contribution in [0, 0.1) is 5.92 Å². The molecule has 1 aromatic heterocycles. The lowest BCUT2D eigenvalue weighted by molar-refractivity contribution is -0.142. The Kier molecular flexibility index (Phi) is 4.74. The van der Waals surface area contributed by atoms with Crippen molar-refractivity contribution in [2.24, 2.45) is 5.92 Å². The summed E-state index contributed by atoms with van der Waals surface area (Å²) in [5.41, 5.74) is 0.965. The van der Waals surface area contributed by atoms with E-state index >= 15 is 0 Å². The molecule has 0 aromatic carbocycles. The molecule has 0 saturated carbocycles. The molecule has 0 spiro atoms. The van der Waals surface area contributed by atoms with Gasteiger partial charge in [0.2, 0.25) is 0 Å². The Labute approximate surface area is 123 Å². The number of nitrogens with zero attached hydrogens (tertiary/aromatic N) is 3. The fraction of sp³-hybridized carbons (Fsp3) is 0.500. The molecular formula is C14H19N3O4. The van der Waals surface area contributed by atoms with Crippen LogP contribution in [-0.4, -0.2) is 65.2 Å². The van der Waals surface area contributed by atoms with Crippen LogP contribution in [0.2, 0.25) is 0 Å². The van der Waals surface area contributed by atoms with Gasteiger partial charge in [-0.25, -0.2) is 4.79 Å². The zero-order valence-electron chi connectivity index (χ0n) is 12.1. The van der Waals surface area contributed by atoms with Gasteiger partial charge in [-0.1, -0.05) is 0 Å². The number of carboxylic acid groups (broad SMARTS) is 1. The number of aromatic nitrogens is 1. The first-order valence-corrected chi connectivity index (χ1v) is 6.68. The van der Waals surface area contributed by atoms with E-state index in [-0.39, 0.29) is 19.2 Å². The van der Waals surface area contributed by atoms with E-state index in [1.54, 1.807) is 31.4 Å². The number of carboxylic acids is 1. The van der Waals surface area contributed by atoms with Gasteiger partial charge in [-0.05, 0) is 17.7 Å². The lowest BCUT2D eigenvalue weighted by Gasteiger charge is -2.30. The number of rotatable bonds is 4. The second-order valence-electron chi connectivity index (χ2n) is 5.15. The zero-order chi connectivity index (χ0) is 15.4. The van der Waals surface area contributed by atoms with Gasteiger partial charge in [0.25, 0.3) is 0 Å². The molecule has 1 aromatic rings. The van der Waals surface area contributed by atoms with Crippen molar-refractivity contribution >= 4 is 12.0 Å². The van der Waals surface area contributed by atoms with Crippen LogP contribution in [0.15, 0.2) is 24.5 Å². The Hall–Kier alpha value is -2.15. The molecule has 21 heavy (non-hydrogen) atoms. The van der Waals surface area contributed by atoms with E-state index in [0.717, 1.165) is 5.56 Å². The first kappa shape index (κ1) is 15.2. The van der Waals surface area contributed by atoms with Crippen molar-refractivity contribution in [1.29, 1.82) is 0 Å². The molecule has 2 atom stereocenters. The zero-order valence-corrected chi connectivity index (χ0v) is 12.1. The van der Waals surface area contributed by atoms with Gasteiger partial charge in [0, 0.05) is 33.0 Å². The maximum absolute atomic E-state index is 12.4. The highest BCUT2D eigenvalue weighted by atomic mass is 16.5. The third-order valence-corrected chi connectivity index (χ3v) is 3.66. The summed E-state index contributed by atoms with van der Waals surface area (Å²) in [4.78, 5) is 30.5. The molecule has 114 valence electrons. The van der Waals surface area contributed by atoms with Gasteiger partial charge in [-0.15, -0.1) is 0 Å². The van der Waals surface area contributed by atoms with Gasteiger partial charge in [0.1, 0.15) is 5.92 Å². The van der Waals surface area contributed by atoms with E-state index in [0.29, 0.717) is 6.54 Å². The summed E-state index contributed by atoms with van der Waals surface area (Å²) in [6.45, 7) is 0.838. The quantitative estimate of drug-likeness (QED) is 0.882. The largest absolute Gasteiger partial charge is 0.481 e. The van der Waals surface area contributed by atoms with Crippen LogP contribution in [-0.2, 0) is 16.1 Å². The van der Waals surface area contributed by atoms with Crippen molar-refractivity contribution in [3.05, 3.63) is 30.1 Å². The highest BCUT2D eigenvalue weighted by Gasteiger charge is 2.39. The fourth-order valence-corrected chi connectivity index (χ4v) is 2.40. The summed E-state index contributed by atoms with van der Waals surface area (Å²) in [5.74, 6) is -1.61. The Balaban J connectivity index is 2.00. The van der Waals surface area contributed by atoms with E-state index in [1.807, 2.05) is 12.1 Å². The number of ether oxygens (including phenoxy) is 1. The van der Waals surface area contributed by atoms with E-state index < -0.39 is 17.9 Å². The Bertz CT molecular complexity index is 508. The van der Waals surface area contributed by atoms with Crippen molar-refractivity contribution < 1.29 is 19.4 Å². The molecule has 2 amide bonds. The topological polar surface area (TPSA) is 83.0 Å². The van der Waals surface area contributed by atoms with Crippen molar-refractivity contribution in [2.75, 3.05) is 27.3 Å². The van der Waals surface area contributed by atoms with E-state index in [2.05, 4.69) is 4.98 Å². The molecule has 2 rings (SSSR count). The molecule has 7 heteroatoms. The molecule has 1 fully saturated rings. The predicted molar refractivity (Wildman–Crippen MR) is 74.6 cm³/mol. The minimum atomic E-state index is -0.936. The average Bonchev–Trinajstić information content (AvgIpc) is 2.96. The summed E-state index contributed by atoms with van der Waals surface area (Å²) in [6.07, 6.45) is 3.34. The van der Waals surface area contributed by atoms with Crippen LogP contribution in [0.3, 0.4) is 0 Å². The standard InChI is InChI=1S/C14H19N3O4/c1-16(7-10-3-5-15-6-4-10)14(20)17(2)12-9-21-8-11(12)13(18)19/h3-6,11-12H,7-9H2,1-2H3,(H,18,19). The Morgan fingerprint density at radius 2 is 2.00 bits per heavy atom. The lowest BCUT2D eigenvalue weighted by Crippen LogP contribution is -2.48. The van der Waals surface area contributed by atoms with Gasteiger partial charge < -0.3 is 19.6 Å². The molecule has 0 radical (unpaired) electrons. The van der Waals surface area contributed by atoms with Gasteiger partial charge in [-0.2, -0.15) is 0 Å². The SMILES string of the molecule is CN(Cc1ccncc1)C(=O)N(C)C1COCC1C(=O)O. The number of carbonyl (C=O) groups excluding carboxylic acids is 1. The average molecular weight is 293 g/mol. The number of amides is 2. The van der Waals surface area contributed by atoms with Crippen LogP contribution in [0.4, 0.5) is 4.79 Å². The number of aliphatic carboxylic acids is 1. The van der Waals surface area contributed by atoms with Crippen molar-refractivity contribution in [3.63, 3.8) is 0 Å². The van der Waals surface area contributed by atoms with Crippen LogP contribution in [0.25, 0.3) is 0 Å². The van der Waals surface area contributed by atoms with Gasteiger partial charge in [0.05, 0.1) is 19.3 Å². The molecule has 1 N–H and O–H groups in total. The first-order valence-electron chi connectivity index (χ1n) is 6.68. The third-order valence-electron chi connectivity index (χ3n) is 3.66. The number of likely N-dealkylation sites (N-methyl/N-ethyl adjacent to an activating group) is 1. The lowest BCUT2D eigenvalue weighted by atomic mass is 10.0. The van der Waals surface area contributed by atoms with Crippen LogP contribution in [0.5, 0.6) is 0 Å². The van der Waals surface area contributed by atoms with Gasteiger partial charge in [0.15, 0.2) is 0 Å². The summed E-state index contributed by atoms with van der Waals surface area (Å²) >= 11 is 0. The molecule has 1 saturated heterocycles. The molecule has 2 heterocycles.